The van der Waals surface area contributed by atoms with Crippen molar-refractivity contribution in [3.05, 3.63) is 89.0 Å². The fourth-order valence-corrected chi connectivity index (χ4v) is 5.20. The number of para-hydroxylation sites is 2. The second kappa shape index (κ2) is 9.57. The van der Waals surface area contributed by atoms with Crippen LogP contribution in [0.2, 0.25) is 0 Å². The molecule has 2 aliphatic heterocycles. The van der Waals surface area contributed by atoms with Gasteiger partial charge in [-0.25, -0.2) is 13.6 Å². The number of halogens is 5. The number of methoxy groups -OCH3 is 1. The Hall–Kier alpha value is -3.82. The van der Waals surface area contributed by atoms with Crippen LogP contribution in [0.15, 0.2) is 60.7 Å². The lowest BCUT2D eigenvalue weighted by atomic mass is 10.0. The molecule has 194 valence electrons. The number of urea groups is 1. The van der Waals surface area contributed by atoms with E-state index in [9.17, 15) is 26.7 Å². The molecule has 37 heavy (non-hydrogen) atoms. The minimum Gasteiger partial charge on any atom is -0.495 e. The molecule has 0 bridgehead atoms. The topological polar surface area (TPSA) is 36.0 Å². The van der Waals surface area contributed by atoms with E-state index in [2.05, 4.69) is 0 Å². The summed E-state index contributed by atoms with van der Waals surface area (Å²) >= 11 is 0. The van der Waals surface area contributed by atoms with Crippen molar-refractivity contribution in [2.75, 3.05) is 30.0 Å². The van der Waals surface area contributed by atoms with Gasteiger partial charge < -0.3 is 14.5 Å². The van der Waals surface area contributed by atoms with Gasteiger partial charge in [-0.15, -0.1) is 0 Å². The number of carbonyl (C=O) groups excluding carboxylic acids is 1. The van der Waals surface area contributed by atoms with Crippen molar-refractivity contribution in [1.29, 1.82) is 0 Å². The van der Waals surface area contributed by atoms with E-state index in [0.717, 1.165) is 6.07 Å². The highest BCUT2D eigenvalue weighted by Gasteiger charge is 2.41. The molecule has 1 atom stereocenters. The monoisotopic (exact) mass is 517 g/mol. The first-order valence-corrected chi connectivity index (χ1v) is 11.8. The molecule has 2 aliphatic rings. The summed E-state index contributed by atoms with van der Waals surface area (Å²) in [6.07, 6.45) is -4.14. The second-order valence-electron chi connectivity index (χ2n) is 9.08. The molecule has 0 unspecified atom stereocenters. The molecule has 1 fully saturated rings. The van der Waals surface area contributed by atoms with E-state index < -0.39 is 35.4 Å². The third kappa shape index (κ3) is 4.56. The number of anilines is 2. The highest BCUT2D eigenvalue weighted by atomic mass is 19.4. The maximum atomic E-state index is 14.4. The molecule has 2 heterocycles. The van der Waals surface area contributed by atoms with E-state index >= 15 is 0 Å². The Bertz CT molecular complexity index is 1310. The standard InChI is InChI=1S/C27H24F5N3O2/c1-37-23-11-4-7-18-15-34(19-12-13-33(16-19)25-21(28)9-5-10-22(25)29)26(36)35(24(18)23)14-17-6-2-3-8-20(17)27(30,31)32/h2-11,19H,12-16H2,1H3/t19-/m1/s1. The van der Waals surface area contributed by atoms with Crippen molar-refractivity contribution < 1.29 is 31.5 Å². The predicted molar refractivity (Wildman–Crippen MR) is 129 cm³/mol. The van der Waals surface area contributed by atoms with E-state index in [1.165, 1.54) is 48.4 Å². The summed E-state index contributed by atoms with van der Waals surface area (Å²) < 4.78 is 75.4. The van der Waals surface area contributed by atoms with Crippen LogP contribution in [0.5, 0.6) is 5.75 Å². The van der Waals surface area contributed by atoms with Crippen molar-refractivity contribution in [3.8, 4) is 5.75 Å². The van der Waals surface area contributed by atoms with Gasteiger partial charge in [0.2, 0.25) is 0 Å². The fourth-order valence-electron chi connectivity index (χ4n) is 5.20. The van der Waals surface area contributed by atoms with Crippen LogP contribution in [-0.2, 0) is 19.3 Å². The van der Waals surface area contributed by atoms with Crippen molar-refractivity contribution in [1.82, 2.24) is 4.90 Å². The third-order valence-electron chi connectivity index (χ3n) is 6.90. The Morgan fingerprint density at radius 3 is 2.35 bits per heavy atom. The van der Waals surface area contributed by atoms with Gasteiger partial charge in [-0.3, -0.25) is 4.90 Å². The normalized spacial score (nSPS) is 17.8. The quantitative estimate of drug-likeness (QED) is 0.378. The molecule has 0 aromatic heterocycles. The Morgan fingerprint density at radius 2 is 1.65 bits per heavy atom. The van der Waals surface area contributed by atoms with Gasteiger partial charge in [-0.2, -0.15) is 13.2 Å². The molecule has 0 spiro atoms. The first-order valence-electron chi connectivity index (χ1n) is 11.8. The zero-order chi connectivity index (χ0) is 26.3. The highest BCUT2D eigenvalue weighted by molar-refractivity contribution is 5.97. The van der Waals surface area contributed by atoms with E-state index in [-0.39, 0.29) is 30.9 Å². The van der Waals surface area contributed by atoms with Gasteiger partial charge in [-0.1, -0.05) is 36.4 Å². The highest BCUT2D eigenvalue weighted by Crippen LogP contribution is 2.41. The maximum absolute atomic E-state index is 14.4. The lowest BCUT2D eigenvalue weighted by Gasteiger charge is -2.41. The SMILES string of the molecule is COc1cccc2c1N(Cc1ccccc1C(F)(F)F)C(=O)N([C@@H]1CCN(c3c(F)cccc3F)C1)C2. The first-order chi connectivity index (χ1) is 17.7. The van der Waals surface area contributed by atoms with E-state index in [1.807, 2.05) is 0 Å². The molecule has 2 amide bonds. The van der Waals surface area contributed by atoms with Gasteiger partial charge in [0.25, 0.3) is 0 Å². The lowest BCUT2D eigenvalue weighted by molar-refractivity contribution is -0.138. The van der Waals surface area contributed by atoms with Gasteiger partial charge >= 0.3 is 12.2 Å². The van der Waals surface area contributed by atoms with Gasteiger partial charge in [0.1, 0.15) is 23.1 Å². The number of hydrogen-bond acceptors (Lipinski definition) is 3. The molecule has 3 aromatic rings. The van der Waals surface area contributed by atoms with Gasteiger partial charge in [0, 0.05) is 19.6 Å². The molecular weight excluding hydrogens is 493 g/mol. The fraction of sp³-hybridized carbons (Fsp3) is 0.296. The first kappa shape index (κ1) is 24.9. The molecule has 0 N–H and O–H groups in total. The van der Waals surface area contributed by atoms with Crippen LogP contribution in [0.1, 0.15) is 23.1 Å². The lowest BCUT2D eigenvalue weighted by Crippen LogP contribution is -2.52. The van der Waals surface area contributed by atoms with Crippen LogP contribution < -0.4 is 14.5 Å². The van der Waals surface area contributed by atoms with E-state index in [4.69, 9.17) is 4.74 Å². The number of alkyl halides is 3. The van der Waals surface area contributed by atoms with Crippen LogP contribution in [0.25, 0.3) is 0 Å². The molecule has 5 nitrogen and oxygen atoms in total. The minimum atomic E-state index is -4.59. The van der Waals surface area contributed by atoms with Crippen LogP contribution >= 0.6 is 0 Å². The summed E-state index contributed by atoms with van der Waals surface area (Å²) in [5.74, 6) is -1.01. The average Bonchev–Trinajstić information content (AvgIpc) is 3.34. The zero-order valence-electron chi connectivity index (χ0n) is 19.9. The second-order valence-corrected chi connectivity index (χ2v) is 9.08. The van der Waals surface area contributed by atoms with Gasteiger partial charge in [0.15, 0.2) is 0 Å². The maximum Gasteiger partial charge on any atom is 0.416 e. The molecule has 0 aliphatic carbocycles. The Kier molecular flexibility index (Phi) is 6.43. The van der Waals surface area contributed by atoms with Gasteiger partial charge in [0.05, 0.1) is 30.9 Å². The number of fused-ring (bicyclic) bond motifs is 1. The molecule has 0 saturated carbocycles. The van der Waals surface area contributed by atoms with Gasteiger partial charge in [-0.05, 0) is 41.8 Å². The Balaban J connectivity index is 1.50. The number of ether oxygens (including phenoxy) is 1. The smallest absolute Gasteiger partial charge is 0.416 e. The number of amides is 2. The summed E-state index contributed by atoms with van der Waals surface area (Å²) in [6, 6.07) is 13.1. The van der Waals surface area contributed by atoms with Crippen LogP contribution in [0.3, 0.4) is 0 Å². The van der Waals surface area contributed by atoms with E-state index in [0.29, 0.717) is 30.0 Å². The van der Waals surface area contributed by atoms with Crippen molar-refractivity contribution in [2.45, 2.75) is 31.7 Å². The summed E-state index contributed by atoms with van der Waals surface area (Å²) in [7, 11) is 1.44. The number of nitrogens with zero attached hydrogens (tertiary/aromatic N) is 3. The largest absolute Gasteiger partial charge is 0.495 e. The van der Waals surface area contributed by atoms with Crippen LogP contribution in [0, 0.1) is 11.6 Å². The minimum absolute atomic E-state index is 0.0523. The van der Waals surface area contributed by atoms with Crippen LogP contribution in [0.4, 0.5) is 38.1 Å². The van der Waals surface area contributed by atoms with Crippen molar-refractivity contribution in [3.63, 3.8) is 0 Å². The molecular formula is C27H24F5N3O2. The Labute approximate surface area is 210 Å². The number of benzene rings is 3. The molecule has 3 aromatic carbocycles. The number of rotatable bonds is 5. The van der Waals surface area contributed by atoms with Crippen LogP contribution in [-0.4, -0.2) is 37.2 Å². The number of carbonyl (C=O) groups is 1. The zero-order valence-corrected chi connectivity index (χ0v) is 19.9. The number of hydrogen-bond donors (Lipinski definition) is 0. The Morgan fingerprint density at radius 1 is 0.946 bits per heavy atom. The van der Waals surface area contributed by atoms with E-state index in [1.54, 1.807) is 28.0 Å². The van der Waals surface area contributed by atoms with Crippen molar-refractivity contribution in [2.24, 2.45) is 0 Å². The predicted octanol–water partition coefficient (Wildman–Crippen LogP) is 6.21. The third-order valence-corrected chi connectivity index (χ3v) is 6.90. The summed E-state index contributed by atoms with van der Waals surface area (Å²) in [6.45, 7) is 0.391. The molecule has 10 heteroatoms. The van der Waals surface area contributed by atoms with Crippen molar-refractivity contribution >= 4 is 17.4 Å². The molecule has 5 rings (SSSR count). The summed E-state index contributed by atoms with van der Waals surface area (Å²) in [4.78, 5) is 18.3. The molecule has 0 radical (unpaired) electrons. The average molecular weight is 517 g/mol. The molecule has 1 saturated heterocycles. The summed E-state index contributed by atoms with van der Waals surface area (Å²) in [5.41, 5.74) is 0.103. The summed E-state index contributed by atoms with van der Waals surface area (Å²) in [5, 5.41) is 0.